The van der Waals surface area contributed by atoms with Crippen molar-refractivity contribution in [2.45, 2.75) is 39.5 Å². The third-order valence-electron chi connectivity index (χ3n) is 3.22. The van der Waals surface area contributed by atoms with Crippen molar-refractivity contribution in [1.29, 1.82) is 0 Å². The van der Waals surface area contributed by atoms with E-state index in [2.05, 4.69) is 32.7 Å². The summed E-state index contributed by atoms with van der Waals surface area (Å²) in [5.41, 5.74) is 7.58. The van der Waals surface area contributed by atoms with E-state index in [1.807, 2.05) is 24.3 Å². The first-order valence-electron chi connectivity index (χ1n) is 7.21. The molecule has 5 nitrogen and oxygen atoms in total. The smallest absolute Gasteiger partial charge is 0.150 e. The number of rotatable bonds is 4. The number of nitrogens with two attached hydrogens (primary N) is 2. The average molecular weight is 288 g/mol. The number of hydrogen-bond acceptors (Lipinski definition) is 4. The molecule has 4 N–H and O–H groups in total. The van der Waals surface area contributed by atoms with E-state index in [0.29, 0.717) is 18.1 Å². The van der Waals surface area contributed by atoms with Crippen LogP contribution < -0.4 is 16.3 Å². The Kier molecular flexibility index (Phi) is 4.11. The highest BCUT2D eigenvalue weighted by Gasteiger charge is 2.24. The van der Waals surface area contributed by atoms with Crippen molar-refractivity contribution in [2.24, 2.45) is 0 Å². The molecule has 2 rings (SSSR count). The number of ether oxygens (including phenoxy) is 1. The summed E-state index contributed by atoms with van der Waals surface area (Å²) in [6, 6.07) is 7.76. The molecule has 0 aliphatic carbocycles. The van der Waals surface area contributed by atoms with E-state index in [9.17, 15) is 0 Å². The summed E-state index contributed by atoms with van der Waals surface area (Å²) in [5.74, 6) is 8.12. The highest BCUT2D eigenvalue weighted by atomic mass is 16.5. The van der Waals surface area contributed by atoms with Gasteiger partial charge in [0.2, 0.25) is 0 Å². The summed E-state index contributed by atoms with van der Waals surface area (Å²) in [5, 5.41) is 0. The predicted octanol–water partition coefficient (Wildman–Crippen LogP) is 2.93. The maximum Gasteiger partial charge on any atom is 0.150 e. The number of imidazole rings is 1. The van der Waals surface area contributed by atoms with Crippen molar-refractivity contribution in [3.63, 3.8) is 0 Å². The molecule has 21 heavy (non-hydrogen) atoms. The van der Waals surface area contributed by atoms with Crippen LogP contribution in [0.3, 0.4) is 0 Å². The van der Waals surface area contributed by atoms with Crippen molar-refractivity contribution in [1.82, 2.24) is 9.66 Å². The van der Waals surface area contributed by atoms with Crippen LogP contribution in [0.4, 0.5) is 5.82 Å². The summed E-state index contributed by atoms with van der Waals surface area (Å²) < 4.78 is 7.05. The third kappa shape index (κ3) is 3.12. The lowest BCUT2D eigenvalue weighted by Gasteiger charge is -2.17. The molecule has 114 valence electrons. The Morgan fingerprint density at radius 3 is 2.29 bits per heavy atom. The number of anilines is 1. The molecule has 0 amide bonds. The molecule has 1 aromatic carbocycles. The van der Waals surface area contributed by atoms with Crippen LogP contribution >= 0.6 is 0 Å². The lowest BCUT2D eigenvalue weighted by Crippen LogP contribution is -2.24. The topological polar surface area (TPSA) is 79.1 Å². The van der Waals surface area contributed by atoms with Gasteiger partial charge in [0.1, 0.15) is 17.3 Å². The van der Waals surface area contributed by atoms with Gasteiger partial charge < -0.3 is 16.3 Å². The van der Waals surface area contributed by atoms with E-state index >= 15 is 0 Å². The van der Waals surface area contributed by atoms with Gasteiger partial charge in [-0.3, -0.25) is 0 Å². The lowest BCUT2D eigenvalue weighted by molar-refractivity contribution is 0.317. The minimum Gasteiger partial charge on any atom is -0.494 e. The third-order valence-corrected chi connectivity index (χ3v) is 3.22. The normalized spacial score (nSPS) is 11.6. The summed E-state index contributed by atoms with van der Waals surface area (Å²) in [6.07, 6.45) is 0.987. The van der Waals surface area contributed by atoms with Gasteiger partial charge >= 0.3 is 0 Å². The molecule has 0 spiro atoms. The van der Waals surface area contributed by atoms with E-state index < -0.39 is 0 Å². The molecule has 0 atom stereocenters. The lowest BCUT2D eigenvalue weighted by atomic mass is 9.96. The second-order valence-corrected chi connectivity index (χ2v) is 6.16. The first-order chi connectivity index (χ1) is 9.84. The fourth-order valence-electron chi connectivity index (χ4n) is 2.12. The Balaban J connectivity index is 2.34. The van der Waals surface area contributed by atoms with Gasteiger partial charge in [-0.05, 0) is 30.7 Å². The van der Waals surface area contributed by atoms with Gasteiger partial charge in [-0.15, -0.1) is 0 Å². The SMILES string of the molecule is CCCOc1ccc(-c2nc(C(C)(C)C)n(N)c2N)cc1. The molecule has 1 aromatic heterocycles. The van der Waals surface area contributed by atoms with Gasteiger partial charge in [0.25, 0.3) is 0 Å². The van der Waals surface area contributed by atoms with Crippen LogP contribution in [0.1, 0.15) is 39.9 Å². The molecular weight excluding hydrogens is 264 g/mol. The quantitative estimate of drug-likeness (QED) is 0.848. The summed E-state index contributed by atoms with van der Waals surface area (Å²) >= 11 is 0. The second kappa shape index (κ2) is 5.68. The molecule has 0 saturated carbocycles. The minimum absolute atomic E-state index is 0.161. The average Bonchev–Trinajstić information content (AvgIpc) is 2.74. The Bertz CT molecular complexity index is 608. The van der Waals surface area contributed by atoms with Gasteiger partial charge in [-0.2, -0.15) is 0 Å². The number of hydrogen-bond donors (Lipinski definition) is 2. The van der Waals surface area contributed by atoms with Crippen molar-refractivity contribution in [2.75, 3.05) is 18.2 Å². The Morgan fingerprint density at radius 2 is 1.81 bits per heavy atom. The second-order valence-electron chi connectivity index (χ2n) is 6.16. The highest BCUT2D eigenvalue weighted by Crippen LogP contribution is 2.31. The Morgan fingerprint density at radius 1 is 1.19 bits per heavy atom. The molecule has 0 radical (unpaired) electrons. The monoisotopic (exact) mass is 288 g/mol. The van der Waals surface area contributed by atoms with Crippen LogP contribution in [0, 0.1) is 0 Å². The van der Waals surface area contributed by atoms with E-state index in [1.165, 1.54) is 4.68 Å². The van der Waals surface area contributed by atoms with Crippen LogP contribution in [0.2, 0.25) is 0 Å². The fraction of sp³-hybridized carbons (Fsp3) is 0.438. The number of nitrogens with zero attached hydrogens (tertiary/aromatic N) is 2. The van der Waals surface area contributed by atoms with Crippen LogP contribution in [0.5, 0.6) is 5.75 Å². The maximum absolute atomic E-state index is 6.09. The van der Waals surface area contributed by atoms with Gasteiger partial charge in [0.05, 0.1) is 6.61 Å². The molecule has 0 fully saturated rings. The molecule has 0 aliphatic heterocycles. The van der Waals surface area contributed by atoms with Crippen LogP contribution in [-0.4, -0.2) is 16.3 Å². The van der Waals surface area contributed by atoms with Crippen LogP contribution in [-0.2, 0) is 5.41 Å². The maximum atomic E-state index is 6.09. The molecule has 1 heterocycles. The van der Waals surface area contributed by atoms with Crippen LogP contribution in [0.25, 0.3) is 11.3 Å². The first-order valence-corrected chi connectivity index (χ1v) is 7.21. The zero-order chi connectivity index (χ0) is 15.6. The minimum atomic E-state index is -0.161. The van der Waals surface area contributed by atoms with Crippen LogP contribution in [0.15, 0.2) is 24.3 Å². The van der Waals surface area contributed by atoms with Crippen molar-refractivity contribution in [3.05, 3.63) is 30.1 Å². The van der Waals surface area contributed by atoms with E-state index in [1.54, 1.807) is 0 Å². The van der Waals surface area contributed by atoms with E-state index in [0.717, 1.165) is 23.6 Å². The van der Waals surface area contributed by atoms with Gasteiger partial charge in [0, 0.05) is 11.0 Å². The zero-order valence-electron chi connectivity index (χ0n) is 13.2. The largest absolute Gasteiger partial charge is 0.494 e. The molecule has 2 aromatic rings. The summed E-state index contributed by atoms with van der Waals surface area (Å²) in [4.78, 5) is 4.61. The molecule has 0 bridgehead atoms. The molecule has 5 heteroatoms. The number of nitrogen functional groups attached to an aromatic ring is 2. The van der Waals surface area contributed by atoms with E-state index in [-0.39, 0.29) is 5.41 Å². The fourth-order valence-corrected chi connectivity index (χ4v) is 2.12. The zero-order valence-corrected chi connectivity index (χ0v) is 13.2. The standard InChI is InChI=1S/C16H24N4O/c1-5-10-21-12-8-6-11(7-9-12)13-14(17)20(18)15(19-13)16(2,3)4/h6-9H,5,10,17-18H2,1-4H3. The molecular formula is C16H24N4O. The Hall–Kier alpha value is -2.17. The first kappa shape index (κ1) is 15.2. The van der Waals surface area contributed by atoms with Gasteiger partial charge in [-0.1, -0.05) is 27.7 Å². The van der Waals surface area contributed by atoms with E-state index in [4.69, 9.17) is 16.3 Å². The summed E-state index contributed by atoms with van der Waals surface area (Å²) in [7, 11) is 0. The molecule has 0 saturated heterocycles. The highest BCUT2D eigenvalue weighted by molar-refractivity contribution is 5.71. The Labute approximate surface area is 125 Å². The van der Waals surface area contributed by atoms with Crippen molar-refractivity contribution < 1.29 is 4.74 Å². The predicted molar refractivity (Wildman–Crippen MR) is 86.7 cm³/mol. The number of aromatic nitrogens is 2. The van der Waals surface area contributed by atoms with Gasteiger partial charge in [-0.25, -0.2) is 9.66 Å². The van der Waals surface area contributed by atoms with Gasteiger partial charge in [0.15, 0.2) is 5.82 Å². The molecule has 0 unspecified atom stereocenters. The molecule has 0 aliphatic rings. The van der Waals surface area contributed by atoms with Crippen molar-refractivity contribution in [3.8, 4) is 17.0 Å². The van der Waals surface area contributed by atoms with Crippen molar-refractivity contribution >= 4 is 5.82 Å². The summed E-state index contributed by atoms with van der Waals surface area (Å²) in [6.45, 7) is 8.97. The number of benzene rings is 1.